The summed E-state index contributed by atoms with van der Waals surface area (Å²) in [7, 11) is 0. The van der Waals surface area contributed by atoms with Gasteiger partial charge in [-0.1, -0.05) is 11.6 Å². The number of fused-ring (bicyclic) bond motifs is 1. The summed E-state index contributed by atoms with van der Waals surface area (Å²) in [5, 5.41) is 9.11. The molecule has 4 aromatic rings. The van der Waals surface area contributed by atoms with Crippen molar-refractivity contribution in [3.63, 3.8) is 0 Å². The number of hydrogen-bond acceptors (Lipinski definition) is 7. The largest absolute Gasteiger partial charge is 0.383 e. The number of rotatable bonds is 5. The van der Waals surface area contributed by atoms with Gasteiger partial charge in [-0.05, 0) is 61.9 Å². The first-order chi connectivity index (χ1) is 14.9. The highest BCUT2D eigenvalue weighted by Crippen LogP contribution is 2.24. The molecule has 31 heavy (non-hydrogen) atoms. The highest BCUT2D eigenvalue weighted by Gasteiger charge is 2.25. The minimum absolute atomic E-state index is 0.187. The van der Waals surface area contributed by atoms with Crippen molar-refractivity contribution in [2.75, 3.05) is 5.73 Å². The summed E-state index contributed by atoms with van der Waals surface area (Å²) in [5.74, 6) is 0.821. The van der Waals surface area contributed by atoms with Crippen LogP contribution in [0.2, 0.25) is 5.15 Å². The smallest absolute Gasteiger partial charge is 0.254 e. The number of nitrogens with two attached hydrogens (primary N) is 1. The first-order valence-corrected chi connectivity index (χ1v) is 10.0. The minimum Gasteiger partial charge on any atom is -0.383 e. The lowest BCUT2D eigenvalue weighted by Crippen LogP contribution is -2.34. The maximum Gasteiger partial charge on any atom is 0.254 e. The lowest BCUT2D eigenvalue weighted by atomic mass is 10.1. The van der Waals surface area contributed by atoms with Crippen molar-refractivity contribution < 1.29 is 4.79 Å². The van der Waals surface area contributed by atoms with Gasteiger partial charge in [0.25, 0.3) is 5.91 Å². The normalized spacial score (nSPS) is 12.0. The van der Waals surface area contributed by atoms with Crippen LogP contribution in [0.15, 0.2) is 54.9 Å². The summed E-state index contributed by atoms with van der Waals surface area (Å²) < 4.78 is 0. The predicted octanol–water partition coefficient (Wildman–Crippen LogP) is 3.76. The van der Waals surface area contributed by atoms with Gasteiger partial charge < -0.3 is 10.6 Å². The first-order valence-electron chi connectivity index (χ1n) is 9.65. The quantitative estimate of drug-likeness (QED) is 0.510. The molecule has 4 rings (SSSR count). The average molecular weight is 434 g/mol. The molecule has 0 aliphatic heterocycles. The molecule has 0 aliphatic carbocycles. The molecule has 0 saturated carbocycles. The average Bonchev–Trinajstić information content (AvgIpc) is 2.79. The first kappa shape index (κ1) is 20.6. The minimum atomic E-state index is -0.395. The molecule has 0 spiro atoms. The van der Waals surface area contributed by atoms with Crippen molar-refractivity contribution in [2.45, 2.75) is 26.4 Å². The van der Waals surface area contributed by atoms with Crippen molar-refractivity contribution in [2.24, 2.45) is 0 Å². The molecule has 0 fully saturated rings. The number of nitrogen functional groups attached to an aromatic ring is 1. The fraction of sp³-hybridized carbons (Fsp3) is 0.182. The summed E-state index contributed by atoms with van der Waals surface area (Å²) in [6, 6.07) is 12.0. The number of benzene rings is 1. The van der Waals surface area contributed by atoms with E-state index in [4.69, 9.17) is 17.3 Å². The summed E-state index contributed by atoms with van der Waals surface area (Å²) in [6.07, 6.45) is 3.30. The van der Waals surface area contributed by atoms with Gasteiger partial charge in [-0.2, -0.15) is 5.10 Å². The van der Waals surface area contributed by atoms with E-state index in [1.165, 1.54) is 0 Å². The molecular weight excluding hydrogens is 414 g/mol. The van der Waals surface area contributed by atoms with E-state index in [9.17, 15) is 4.79 Å². The molecule has 0 saturated heterocycles. The fourth-order valence-electron chi connectivity index (χ4n) is 3.25. The summed E-state index contributed by atoms with van der Waals surface area (Å²) >= 11 is 5.86. The number of nitrogens with zero attached hydrogens (tertiary/aromatic N) is 6. The molecule has 1 aromatic carbocycles. The third kappa shape index (κ3) is 4.44. The molecule has 156 valence electrons. The Bertz CT molecular complexity index is 1230. The van der Waals surface area contributed by atoms with Gasteiger partial charge in [-0.3, -0.25) is 4.79 Å². The number of aryl methyl sites for hydroxylation is 1. The van der Waals surface area contributed by atoms with Crippen LogP contribution in [0.25, 0.3) is 10.9 Å². The van der Waals surface area contributed by atoms with Crippen LogP contribution in [0.3, 0.4) is 0 Å². The van der Waals surface area contributed by atoms with Gasteiger partial charge in [-0.25, -0.2) is 15.0 Å². The zero-order valence-corrected chi connectivity index (χ0v) is 17.8. The van der Waals surface area contributed by atoms with E-state index in [0.717, 1.165) is 16.5 Å². The van der Waals surface area contributed by atoms with E-state index in [-0.39, 0.29) is 17.6 Å². The number of amides is 1. The molecule has 3 heterocycles. The molecule has 0 bridgehead atoms. The number of halogens is 1. The fourth-order valence-corrected chi connectivity index (χ4v) is 3.35. The molecule has 9 heteroatoms. The standard InChI is InChI=1S/C22H20ClN7O/c1-13-10-16-11-15(4-6-18(16)27-20(13)24)22(31)30(12-17-5-7-19(23)29-28-17)14(2)21-25-8-3-9-26-21/h3-11,14H,12H2,1-2H3,(H2,24,27)/t14-/m1/s1. The Morgan fingerprint density at radius 3 is 2.61 bits per heavy atom. The maximum atomic E-state index is 13.6. The van der Waals surface area contributed by atoms with Gasteiger partial charge in [-0.15, -0.1) is 5.10 Å². The molecule has 0 aliphatic rings. The number of hydrogen-bond donors (Lipinski definition) is 1. The molecule has 8 nitrogen and oxygen atoms in total. The molecule has 3 aromatic heterocycles. The molecular formula is C22H20ClN7O. The highest BCUT2D eigenvalue weighted by atomic mass is 35.5. The SMILES string of the molecule is Cc1cc2cc(C(=O)N(Cc3ccc(Cl)nn3)[C@H](C)c3ncccn3)ccc2nc1N. The number of pyridine rings is 1. The van der Waals surface area contributed by atoms with E-state index in [2.05, 4.69) is 25.1 Å². The van der Waals surface area contributed by atoms with E-state index >= 15 is 0 Å². The zero-order valence-electron chi connectivity index (χ0n) is 17.0. The Hall–Kier alpha value is -3.65. The monoisotopic (exact) mass is 433 g/mol. The second-order valence-corrected chi connectivity index (χ2v) is 7.55. The van der Waals surface area contributed by atoms with E-state index in [1.54, 1.807) is 47.6 Å². The molecule has 1 atom stereocenters. The van der Waals surface area contributed by atoms with Gasteiger partial charge in [0.1, 0.15) is 11.6 Å². The number of carbonyl (C=O) groups excluding carboxylic acids is 1. The van der Waals surface area contributed by atoms with Gasteiger partial charge >= 0.3 is 0 Å². The summed E-state index contributed by atoms with van der Waals surface area (Å²) in [5.41, 5.74) is 8.62. The summed E-state index contributed by atoms with van der Waals surface area (Å²) in [4.78, 5) is 28.3. The van der Waals surface area contributed by atoms with Crippen molar-refractivity contribution in [1.29, 1.82) is 0 Å². The van der Waals surface area contributed by atoms with Crippen LogP contribution in [0, 0.1) is 6.92 Å². The lowest BCUT2D eigenvalue weighted by molar-refractivity contribution is 0.0663. The second-order valence-electron chi connectivity index (χ2n) is 7.16. The third-order valence-electron chi connectivity index (χ3n) is 5.00. The van der Waals surface area contributed by atoms with E-state index < -0.39 is 6.04 Å². The molecule has 0 unspecified atom stereocenters. The Labute approximate surface area is 184 Å². The van der Waals surface area contributed by atoms with Crippen LogP contribution in [0.1, 0.15) is 40.4 Å². The lowest BCUT2D eigenvalue weighted by Gasteiger charge is -2.28. The zero-order chi connectivity index (χ0) is 22.0. The Morgan fingerprint density at radius 2 is 1.90 bits per heavy atom. The van der Waals surface area contributed by atoms with Crippen LogP contribution in [-0.4, -0.2) is 36.0 Å². The predicted molar refractivity (Wildman–Crippen MR) is 118 cm³/mol. The summed E-state index contributed by atoms with van der Waals surface area (Å²) in [6.45, 7) is 3.99. The number of anilines is 1. The van der Waals surface area contributed by atoms with Crippen LogP contribution >= 0.6 is 11.6 Å². The maximum absolute atomic E-state index is 13.6. The number of carbonyl (C=O) groups is 1. The molecule has 2 N–H and O–H groups in total. The van der Waals surface area contributed by atoms with Crippen LogP contribution < -0.4 is 5.73 Å². The topological polar surface area (TPSA) is 111 Å². The van der Waals surface area contributed by atoms with Gasteiger partial charge in [0.05, 0.1) is 23.8 Å². The van der Waals surface area contributed by atoms with E-state index in [1.807, 2.05) is 26.0 Å². The van der Waals surface area contributed by atoms with Crippen molar-refractivity contribution in [3.8, 4) is 0 Å². The third-order valence-corrected chi connectivity index (χ3v) is 5.20. The van der Waals surface area contributed by atoms with E-state index in [0.29, 0.717) is 22.9 Å². The van der Waals surface area contributed by atoms with Crippen LogP contribution in [0.4, 0.5) is 5.82 Å². The van der Waals surface area contributed by atoms with Crippen LogP contribution in [0.5, 0.6) is 0 Å². The van der Waals surface area contributed by atoms with Crippen LogP contribution in [-0.2, 0) is 6.54 Å². The Kier molecular flexibility index (Phi) is 5.73. The number of aromatic nitrogens is 5. The van der Waals surface area contributed by atoms with Crippen molar-refractivity contribution in [3.05, 3.63) is 82.7 Å². The highest BCUT2D eigenvalue weighted by molar-refractivity contribution is 6.29. The van der Waals surface area contributed by atoms with Gasteiger partial charge in [0, 0.05) is 23.3 Å². The van der Waals surface area contributed by atoms with Gasteiger partial charge in [0.15, 0.2) is 5.15 Å². The Morgan fingerprint density at radius 1 is 1.13 bits per heavy atom. The second kappa shape index (κ2) is 8.61. The molecule has 0 radical (unpaired) electrons. The Balaban J connectivity index is 1.72. The van der Waals surface area contributed by atoms with Crippen molar-refractivity contribution >= 4 is 34.2 Å². The van der Waals surface area contributed by atoms with Gasteiger partial charge in [0.2, 0.25) is 0 Å². The molecule has 1 amide bonds. The van der Waals surface area contributed by atoms with Crippen molar-refractivity contribution in [1.82, 2.24) is 30.0 Å².